The lowest BCUT2D eigenvalue weighted by Gasteiger charge is -2.22. The Kier molecular flexibility index (Phi) is 7.01. The fourth-order valence-corrected chi connectivity index (χ4v) is 4.94. The van der Waals surface area contributed by atoms with E-state index in [0.29, 0.717) is 0 Å². The minimum Gasteiger partial charge on any atom is -0.492 e. The minimum atomic E-state index is -5.00. The molecule has 14 heteroatoms. The largest absolute Gasteiger partial charge is 0.492 e. The molecule has 0 heterocycles. The van der Waals surface area contributed by atoms with Gasteiger partial charge in [0.15, 0.2) is 23.0 Å². The molecule has 2 aromatic carbocycles. The first-order valence-corrected chi connectivity index (χ1v) is 11.3. The standard InChI is InChI=1S/C16H16Cl2O10S2/c1-25-13-7(17)5-9(29(19,20)21)11(15(13)27-3)12-10(30(22,23)24)6-8(18)14(26-2)16(12)28-4/h5-6H,1-4H3,(H,19,20,21)(H,22,23,24). The summed E-state index contributed by atoms with van der Waals surface area (Å²) in [5.74, 6) is -1.10. The van der Waals surface area contributed by atoms with Gasteiger partial charge in [0.1, 0.15) is 9.79 Å². The van der Waals surface area contributed by atoms with Gasteiger partial charge in [0, 0.05) is 0 Å². The van der Waals surface area contributed by atoms with Crippen LogP contribution in [0.3, 0.4) is 0 Å². The van der Waals surface area contributed by atoms with E-state index in [1.165, 1.54) is 14.2 Å². The van der Waals surface area contributed by atoms with E-state index in [2.05, 4.69) is 0 Å². The molecule has 0 radical (unpaired) electrons. The van der Waals surface area contributed by atoms with Crippen molar-refractivity contribution < 1.29 is 44.9 Å². The Morgan fingerprint density at radius 3 is 1.10 bits per heavy atom. The van der Waals surface area contributed by atoms with Gasteiger partial charge in [0.25, 0.3) is 20.2 Å². The van der Waals surface area contributed by atoms with Crippen molar-refractivity contribution in [2.24, 2.45) is 0 Å². The van der Waals surface area contributed by atoms with E-state index in [0.717, 1.165) is 26.4 Å². The number of hydrogen-bond donors (Lipinski definition) is 2. The lowest BCUT2D eigenvalue weighted by Crippen LogP contribution is -2.10. The van der Waals surface area contributed by atoms with Crippen LogP contribution in [0, 0.1) is 0 Å². The van der Waals surface area contributed by atoms with E-state index in [1.807, 2.05) is 0 Å². The zero-order chi connectivity index (χ0) is 23.0. The second-order valence-corrected chi connectivity index (χ2v) is 9.14. The summed E-state index contributed by atoms with van der Waals surface area (Å²) in [4.78, 5) is -1.70. The molecule has 10 nitrogen and oxygen atoms in total. The third kappa shape index (κ3) is 4.24. The maximum Gasteiger partial charge on any atom is 0.295 e. The van der Waals surface area contributed by atoms with Crippen LogP contribution in [0.2, 0.25) is 10.0 Å². The molecule has 0 aromatic heterocycles. The van der Waals surface area contributed by atoms with E-state index in [4.69, 9.17) is 42.1 Å². The van der Waals surface area contributed by atoms with Gasteiger partial charge in [0.2, 0.25) is 0 Å². The Morgan fingerprint density at radius 1 is 0.633 bits per heavy atom. The molecule has 0 amide bonds. The SMILES string of the molecule is COc1c(Cl)cc(S(=O)(=O)O)c(-c2c(S(=O)(=O)O)cc(Cl)c(OC)c2OC)c1OC. The van der Waals surface area contributed by atoms with Crippen LogP contribution in [0.25, 0.3) is 11.1 Å². The molecule has 0 fully saturated rings. The van der Waals surface area contributed by atoms with Crippen molar-refractivity contribution in [1.29, 1.82) is 0 Å². The van der Waals surface area contributed by atoms with E-state index >= 15 is 0 Å². The van der Waals surface area contributed by atoms with Crippen molar-refractivity contribution >= 4 is 43.4 Å². The first-order chi connectivity index (χ1) is 13.8. The third-order valence-corrected chi connectivity index (χ3v) is 6.25. The number of rotatable bonds is 7. The first-order valence-electron chi connectivity index (χ1n) is 7.67. The van der Waals surface area contributed by atoms with E-state index < -0.39 is 41.2 Å². The molecular formula is C16H16Cl2O10S2. The summed E-state index contributed by atoms with van der Waals surface area (Å²) in [6.07, 6.45) is 0. The molecule has 0 aliphatic rings. The van der Waals surface area contributed by atoms with E-state index in [-0.39, 0.29) is 33.0 Å². The molecule has 0 unspecified atom stereocenters. The highest BCUT2D eigenvalue weighted by Gasteiger charge is 2.35. The molecule has 0 atom stereocenters. The normalized spacial score (nSPS) is 11.9. The predicted octanol–water partition coefficient (Wildman–Crippen LogP) is 3.19. The van der Waals surface area contributed by atoms with Gasteiger partial charge in [-0.05, 0) is 12.1 Å². The zero-order valence-electron chi connectivity index (χ0n) is 15.9. The smallest absolute Gasteiger partial charge is 0.295 e. The van der Waals surface area contributed by atoms with Crippen LogP contribution in [0.5, 0.6) is 23.0 Å². The van der Waals surface area contributed by atoms with Crippen LogP contribution in [0.4, 0.5) is 0 Å². The zero-order valence-corrected chi connectivity index (χ0v) is 19.0. The molecule has 2 N–H and O–H groups in total. The van der Waals surface area contributed by atoms with E-state index in [9.17, 15) is 25.9 Å². The maximum absolute atomic E-state index is 12.1. The molecule has 0 saturated heterocycles. The molecule has 0 aliphatic heterocycles. The highest BCUT2D eigenvalue weighted by Crippen LogP contribution is 2.54. The summed E-state index contributed by atoms with van der Waals surface area (Å²) in [6, 6.07) is 1.64. The lowest BCUT2D eigenvalue weighted by molar-refractivity contribution is 0.350. The Balaban J connectivity index is 3.34. The van der Waals surface area contributed by atoms with Gasteiger partial charge >= 0.3 is 0 Å². The highest BCUT2D eigenvalue weighted by molar-refractivity contribution is 7.86. The van der Waals surface area contributed by atoms with Crippen molar-refractivity contribution in [3.8, 4) is 34.1 Å². The Bertz CT molecular complexity index is 1110. The second kappa shape index (κ2) is 8.65. The summed E-state index contributed by atoms with van der Waals surface area (Å²) in [5.41, 5.74) is -1.05. The molecule has 0 spiro atoms. The van der Waals surface area contributed by atoms with Gasteiger partial charge in [-0.25, -0.2) is 0 Å². The second-order valence-electron chi connectivity index (χ2n) is 5.55. The van der Waals surface area contributed by atoms with Crippen LogP contribution in [-0.4, -0.2) is 54.4 Å². The fraction of sp³-hybridized carbons (Fsp3) is 0.250. The number of benzene rings is 2. The molecule has 0 bridgehead atoms. The summed E-state index contributed by atoms with van der Waals surface area (Å²) in [7, 11) is -5.37. The monoisotopic (exact) mass is 502 g/mol. The first kappa shape index (κ1) is 24.3. The number of hydrogen-bond acceptors (Lipinski definition) is 8. The quantitative estimate of drug-likeness (QED) is 0.540. The van der Waals surface area contributed by atoms with Crippen molar-refractivity contribution in [1.82, 2.24) is 0 Å². The molecule has 0 aliphatic carbocycles. The van der Waals surface area contributed by atoms with Crippen molar-refractivity contribution in [2.45, 2.75) is 9.79 Å². The summed E-state index contributed by atoms with van der Waals surface area (Å²) in [5, 5.41) is -0.530. The summed E-state index contributed by atoms with van der Waals surface area (Å²) >= 11 is 12.1. The maximum atomic E-state index is 12.1. The van der Waals surface area contributed by atoms with Crippen LogP contribution < -0.4 is 18.9 Å². The van der Waals surface area contributed by atoms with Gasteiger partial charge in [0.05, 0.1) is 49.6 Å². The Morgan fingerprint density at radius 2 is 0.900 bits per heavy atom. The minimum absolute atomic E-state index is 0.182. The van der Waals surface area contributed by atoms with Gasteiger partial charge in [-0.3, -0.25) is 9.11 Å². The van der Waals surface area contributed by atoms with Crippen molar-refractivity contribution in [2.75, 3.05) is 28.4 Å². The molecule has 2 rings (SSSR count). The Labute approximate surface area is 182 Å². The molecule has 166 valence electrons. The summed E-state index contributed by atoms with van der Waals surface area (Å²) < 4.78 is 88.7. The van der Waals surface area contributed by atoms with Gasteiger partial charge in [-0.1, -0.05) is 23.2 Å². The fourth-order valence-electron chi connectivity index (χ4n) is 2.82. The molecular weight excluding hydrogens is 487 g/mol. The predicted molar refractivity (Wildman–Crippen MR) is 108 cm³/mol. The number of ether oxygens (including phenoxy) is 4. The number of halogens is 2. The van der Waals surface area contributed by atoms with Crippen LogP contribution in [0.15, 0.2) is 21.9 Å². The number of methoxy groups -OCH3 is 4. The van der Waals surface area contributed by atoms with Gasteiger partial charge in [-0.15, -0.1) is 0 Å². The van der Waals surface area contributed by atoms with Crippen molar-refractivity contribution in [3.63, 3.8) is 0 Å². The van der Waals surface area contributed by atoms with Crippen LogP contribution in [0.1, 0.15) is 0 Å². The summed E-state index contributed by atoms with van der Waals surface area (Å²) in [6.45, 7) is 0. The Hall–Kier alpha value is -1.96. The van der Waals surface area contributed by atoms with Gasteiger partial charge in [-0.2, -0.15) is 16.8 Å². The average Bonchev–Trinajstić information content (AvgIpc) is 2.64. The topological polar surface area (TPSA) is 146 Å². The highest BCUT2D eigenvalue weighted by atomic mass is 35.5. The third-order valence-electron chi connectivity index (χ3n) is 3.93. The average molecular weight is 503 g/mol. The molecule has 0 saturated carbocycles. The molecule has 30 heavy (non-hydrogen) atoms. The van der Waals surface area contributed by atoms with Crippen molar-refractivity contribution in [3.05, 3.63) is 22.2 Å². The van der Waals surface area contributed by atoms with Crippen LogP contribution in [-0.2, 0) is 20.2 Å². The molecule has 2 aromatic rings. The van der Waals surface area contributed by atoms with Gasteiger partial charge < -0.3 is 18.9 Å². The lowest BCUT2D eigenvalue weighted by atomic mass is 10.0. The van der Waals surface area contributed by atoms with Crippen LogP contribution >= 0.6 is 23.2 Å². The van der Waals surface area contributed by atoms with E-state index in [1.54, 1.807) is 0 Å².